The van der Waals surface area contributed by atoms with Crippen molar-refractivity contribution in [3.8, 4) is 0 Å². The summed E-state index contributed by atoms with van der Waals surface area (Å²) in [6.07, 6.45) is 5.11. The van der Waals surface area contributed by atoms with E-state index < -0.39 is 0 Å². The molecule has 1 aliphatic carbocycles. The molecule has 0 amide bonds. The van der Waals surface area contributed by atoms with Gasteiger partial charge in [0.25, 0.3) is 0 Å². The van der Waals surface area contributed by atoms with Gasteiger partial charge in [-0.15, -0.1) is 0 Å². The molecule has 4 heteroatoms. The molecule has 0 heterocycles. The molecule has 0 aromatic heterocycles. The summed E-state index contributed by atoms with van der Waals surface area (Å²) in [5.41, 5.74) is 4.95. The Hall–Kier alpha value is 0.640. The first-order valence-electron chi connectivity index (χ1n) is 6.27. The van der Waals surface area contributed by atoms with E-state index in [4.69, 9.17) is 0 Å². The molecular formula is C14H20Cl2SiZr. The second-order valence-electron chi connectivity index (χ2n) is 4.85. The Morgan fingerprint density at radius 3 is 2.44 bits per heavy atom. The van der Waals surface area contributed by atoms with Crippen LogP contribution in [-0.4, -0.2) is 5.92 Å². The zero-order valence-electron chi connectivity index (χ0n) is 11.2. The van der Waals surface area contributed by atoms with E-state index in [2.05, 4.69) is 50.4 Å². The summed E-state index contributed by atoms with van der Waals surface area (Å²) in [5.74, 6) is -0.317. The molecule has 0 radical (unpaired) electrons. The summed E-state index contributed by atoms with van der Waals surface area (Å²) in [6.45, 7) is 7.38. The minimum Gasteiger partial charge on any atom is -1.00 e. The fourth-order valence-electron chi connectivity index (χ4n) is 2.42. The maximum absolute atomic E-state index is 2.54. The smallest absolute Gasteiger partial charge is 1.00 e. The molecule has 98 valence electrons. The van der Waals surface area contributed by atoms with Gasteiger partial charge in [-0.05, 0) is 0 Å². The van der Waals surface area contributed by atoms with Crippen molar-refractivity contribution in [2.75, 3.05) is 0 Å². The zero-order valence-corrected chi connectivity index (χ0v) is 16.3. The minimum absolute atomic E-state index is 0. The van der Waals surface area contributed by atoms with E-state index in [-0.39, 0.29) is 53.1 Å². The van der Waals surface area contributed by atoms with Crippen LogP contribution >= 0.6 is 0 Å². The van der Waals surface area contributed by atoms with Gasteiger partial charge in [0.1, 0.15) is 0 Å². The molecule has 1 aromatic rings. The molecule has 0 fully saturated rings. The van der Waals surface area contributed by atoms with Gasteiger partial charge in [-0.25, -0.2) is 0 Å². The quantitative estimate of drug-likeness (QED) is 0.532. The summed E-state index contributed by atoms with van der Waals surface area (Å²) in [5, 5.41) is 0. The monoisotopic (exact) mass is 376 g/mol. The van der Waals surface area contributed by atoms with Gasteiger partial charge in [0.05, 0.1) is 0 Å². The van der Waals surface area contributed by atoms with Crippen LogP contribution in [0, 0.1) is 0 Å². The van der Waals surface area contributed by atoms with Crippen LogP contribution in [0.15, 0.2) is 29.8 Å². The van der Waals surface area contributed by atoms with E-state index >= 15 is 0 Å². The van der Waals surface area contributed by atoms with Crippen molar-refractivity contribution in [1.82, 2.24) is 0 Å². The van der Waals surface area contributed by atoms with Crippen molar-refractivity contribution in [1.29, 1.82) is 0 Å². The van der Waals surface area contributed by atoms with E-state index in [0.29, 0.717) is 0 Å². The third-order valence-electron chi connectivity index (χ3n) is 3.06. The Labute approximate surface area is 136 Å². The maximum Gasteiger partial charge on any atom is -1.00 e. The van der Waals surface area contributed by atoms with Crippen LogP contribution in [-0.2, 0) is 22.4 Å². The predicted octanol–water partition coefficient (Wildman–Crippen LogP) is -2.00. The Kier molecular flexibility index (Phi) is 9.05. The number of hydrogen-bond donors (Lipinski definition) is 0. The molecule has 18 heavy (non-hydrogen) atoms. The van der Waals surface area contributed by atoms with E-state index in [0.717, 1.165) is 3.63 Å². The topological polar surface area (TPSA) is 0 Å². The maximum atomic E-state index is 2.54. The number of allylic oxidation sites excluding steroid dienone is 1. The average Bonchev–Trinajstić information content (AvgIpc) is 2.57. The van der Waals surface area contributed by atoms with Gasteiger partial charge in [-0.1, -0.05) is 0 Å². The molecule has 0 nitrogen and oxygen atoms in total. The summed E-state index contributed by atoms with van der Waals surface area (Å²) >= 11 is -0.178. The molecule has 0 saturated carbocycles. The van der Waals surface area contributed by atoms with Gasteiger partial charge >= 0.3 is 112 Å². The van der Waals surface area contributed by atoms with Gasteiger partial charge < -0.3 is 24.8 Å². The summed E-state index contributed by atoms with van der Waals surface area (Å²) in [6, 6.07) is 9.07. The summed E-state index contributed by atoms with van der Waals surface area (Å²) in [7, 11) is 0. The average molecular weight is 379 g/mol. The first kappa shape index (κ1) is 18.6. The third kappa shape index (κ3) is 4.34. The Morgan fingerprint density at radius 2 is 1.83 bits per heavy atom. The van der Waals surface area contributed by atoms with Gasteiger partial charge in [0.2, 0.25) is 0 Å². The van der Waals surface area contributed by atoms with Crippen LogP contribution < -0.4 is 24.8 Å². The number of hydrogen-bond acceptors (Lipinski definition) is 0. The first-order chi connectivity index (χ1) is 7.72. The number of benzene rings is 1. The molecule has 1 aromatic carbocycles. The van der Waals surface area contributed by atoms with Crippen LogP contribution in [0.1, 0.15) is 34.5 Å². The molecule has 1 atom stereocenters. The fourth-order valence-corrected chi connectivity index (χ4v) is 12.5. The van der Waals surface area contributed by atoms with Crippen molar-refractivity contribution >= 4 is 12.0 Å². The standard InChI is InChI=1S/C12H13.C2H7Si.2ClH.Zr/c1-2-5-10-8-11-6-3-4-7-12(11)9-10;1-3-2;;;/h3-4,6-9H,2,5H2,1H3;3H,1-2H3;2*1H;/q;;;;+2/p-2. The van der Waals surface area contributed by atoms with Crippen molar-refractivity contribution in [3.63, 3.8) is 0 Å². The van der Waals surface area contributed by atoms with Gasteiger partial charge in [-0.3, -0.25) is 0 Å². The second kappa shape index (κ2) is 8.74. The van der Waals surface area contributed by atoms with E-state index in [9.17, 15) is 0 Å². The molecule has 0 N–H and O–H groups in total. The van der Waals surface area contributed by atoms with Crippen molar-refractivity contribution in [3.05, 3.63) is 41.0 Å². The van der Waals surface area contributed by atoms with Crippen LogP contribution in [0.2, 0.25) is 13.1 Å². The normalized spacial score (nSPS) is 16.2. The molecule has 0 bridgehead atoms. The summed E-state index contributed by atoms with van der Waals surface area (Å²) in [4.78, 5) is 0. The van der Waals surface area contributed by atoms with Gasteiger partial charge in [-0.2, -0.15) is 0 Å². The van der Waals surface area contributed by atoms with Crippen molar-refractivity contribution < 1.29 is 47.2 Å². The Balaban J connectivity index is 0.00000144. The molecule has 0 aliphatic heterocycles. The molecular weight excluding hydrogens is 358 g/mol. The molecule has 1 unspecified atom stereocenters. The van der Waals surface area contributed by atoms with Crippen LogP contribution in [0.5, 0.6) is 0 Å². The fraction of sp³-hybridized carbons (Fsp3) is 0.429. The number of fused-ring (bicyclic) bond motifs is 1. The van der Waals surface area contributed by atoms with Crippen molar-refractivity contribution in [2.24, 2.45) is 0 Å². The predicted molar refractivity (Wildman–Crippen MR) is 70.9 cm³/mol. The molecule has 2 rings (SSSR count). The SMILES string of the molecule is CCCC1=Cc2ccccc2[CH]1[Zr+2][SiH](C)C.[Cl-].[Cl-]. The number of rotatable bonds is 4. The third-order valence-corrected chi connectivity index (χ3v) is 13.1. The summed E-state index contributed by atoms with van der Waals surface area (Å²) < 4.78 is 0.923. The largest absolute Gasteiger partial charge is 1.00 e. The molecule has 1 aliphatic rings. The van der Waals surface area contributed by atoms with Crippen LogP contribution in [0.25, 0.3) is 6.08 Å². The van der Waals surface area contributed by atoms with E-state index in [1.54, 1.807) is 11.1 Å². The zero-order chi connectivity index (χ0) is 11.5. The first-order valence-corrected chi connectivity index (χ1v) is 14.8. The van der Waals surface area contributed by atoms with Crippen LogP contribution in [0.3, 0.4) is 0 Å². The minimum atomic E-state index is -0.317. The van der Waals surface area contributed by atoms with Crippen molar-refractivity contribution in [2.45, 2.75) is 36.5 Å². The van der Waals surface area contributed by atoms with Gasteiger partial charge in [0, 0.05) is 0 Å². The Bertz CT molecular complexity index is 405. The molecule has 0 saturated heterocycles. The van der Waals surface area contributed by atoms with E-state index in [1.807, 2.05) is 0 Å². The Morgan fingerprint density at radius 1 is 1.17 bits per heavy atom. The van der Waals surface area contributed by atoms with Gasteiger partial charge in [0.15, 0.2) is 0 Å². The van der Waals surface area contributed by atoms with E-state index in [1.165, 1.54) is 18.4 Å². The second-order valence-corrected chi connectivity index (χ2v) is 19.9. The molecule has 0 spiro atoms. The number of halogens is 2. The van der Waals surface area contributed by atoms with Crippen LogP contribution in [0.4, 0.5) is 0 Å².